The Morgan fingerprint density at radius 1 is 1.24 bits per heavy atom. The van der Waals surface area contributed by atoms with Gasteiger partial charge in [-0.05, 0) is 50.2 Å². The number of aliphatic hydroxyl groups excluding tert-OH is 1. The van der Waals surface area contributed by atoms with Gasteiger partial charge in [0, 0.05) is 30.6 Å². The number of anilines is 1. The summed E-state index contributed by atoms with van der Waals surface area (Å²) in [5.41, 5.74) is 3.04. The number of ether oxygens (including phenoxy) is 1. The first-order valence-corrected chi connectivity index (χ1v) is 9.10. The monoisotopic (exact) mass is 340 g/mol. The zero-order chi connectivity index (χ0) is 17.1. The highest BCUT2D eigenvalue weighted by Gasteiger charge is 2.22. The van der Waals surface area contributed by atoms with Crippen LogP contribution in [0.5, 0.6) is 0 Å². The van der Waals surface area contributed by atoms with E-state index in [1.165, 1.54) is 18.4 Å². The standard InChI is InChI=1S/C19H24N4O2/c24-14(12-25-11-13-7-8-13)10-21-18-15-4-3-6-16(15)22-19(23-18)17-5-1-2-9-20-17/h1-2,5,9,13-14,24H,3-4,6-8,10-12H2,(H,21,22,23)/t14-/m0/s1. The number of hydrogen-bond acceptors (Lipinski definition) is 6. The normalized spacial score (nSPS) is 17.3. The molecule has 0 aromatic carbocycles. The number of fused-ring (bicyclic) bond motifs is 1. The third-order valence-electron chi connectivity index (χ3n) is 4.69. The van der Waals surface area contributed by atoms with Crippen molar-refractivity contribution in [2.24, 2.45) is 5.92 Å². The average Bonchev–Trinajstić information content (AvgIpc) is 3.34. The van der Waals surface area contributed by atoms with Crippen LogP contribution in [0, 0.1) is 5.92 Å². The van der Waals surface area contributed by atoms with Crippen LogP contribution in [0.15, 0.2) is 24.4 Å². The van der Waals surface area contributed by atoms with E-state index in [9.17, 15) is 5.11 Å². The molecule has 2 aliphatic rings. The third-order valence-corrected chi connectivity index (χ3v) is 4.69. The zero-order valence-electron chi connectivity index (χ0n) is 14.3. The van der Waals surface area contributed by atoms with Crippen LogP contribution in [0.2, 0.25) is 0 Å². The van der Waals surface area contributed by atoms with Gasteiger partial charge in [-0.2, -0.15) is 0 Å². The SMILES string of the molecule is O[C@@H](CNc1nc(-c2ccccn2)nc2c1CCC2)COCC1CC1. The highest BCUT2D eigenvalue weighted by atomic mass is 16.5. The predicted octanol–water partition coefficient (Wildman–Crippen LogP) is 2.23. The van der Waals surface area contributed by atoms with Crippen molar-refractivity contribution >= 4 is 5.82 Å². The minimum absolute atomic E-state index is 0.365. The third kappa shape index (κ3) is 4.14. The summed E-state index contributed by atoms with van der Waals surface area (Å²) in [6, 6.07) is 5.74. The summed E-state index contributed by atoms with van der Waals surface area (Å²) in [5.74, 6) is 2.18. The van der Waals surface area contributed by atoms with E-state index in [-0.39, 0.29) is 0 Å². The Morgan fingerprint density at radius 3 is 2.96 bits per heavy atom. The molecule has 1 atom stereocenters. The molecule has 0 saturated heterocycles. The molecule has 25 heavy (non-hydrogen) atoms. The molecular weight excluding hydrogens is 316 g/mol. The fraction of sp³-hybridized carbons (Fsp3) is 0.526. The van der Waals surface area contributed by atoms with Crippen molar-refractivity contribution in [3.8, 4) is 11.5 Å². The van der Waals surface area contributed by atoms with Gasteiger partial charge in [-0.1, -0.05) is 6.07 Å². The summed E-state index contributed by atoms with van der Waals surface area (Å²) < 4.78 is 5.56. The van der Waals surface area contributed by atoms with Crippen molar-refractivity contribution in [3.05, 3.63) is 35.7 Å². The Hall–Kier alpha value is -2.05. The molecule has 132 valence electrons. The van der Waals surface area contributed by atoms with Crippen LogP contribution in [-0.2, 0) is 17.6 Å². The lowest BCUT2D eigenvalue weighted by atomic mass is 10.2. The summed E-state index contributed by atoms with van der Waals surface area (Å²) in [4.78, 5) is 13.7. The Labute approximate surface area is 147 Å². The molecule has 1 saturated carbocycles. The minimum atomic E-state index is -0.538. The van der Waals surface area contributed by atoms with Gasteiger partial charge >= 0.3 is 0 Å². The molecule has 6 nitrogen and oxygen atoms in total. The van der Waals surface area contributed by atoms with E-state index in [1.54, 1.807) is 6.20 Å². The Kier molecular flexibility index (Phi) is 4.90. The molecule has 0 aliphatic heterocycles. The molecule has 6 heteroatoms. The summed E-state index contributed by atoms with van der Waals surface area (Å²) in [6.07, 6.45) is 6.78. The van der Waals surface area contributed by atoms with Gasteiger partial charge in [-0.15, -0.1) is 0 Å². The minimum Gasteiger partial charge on any atom is -0.389 e. The van der Waals surface area contributed by atoms with Crippen LogP contribution in [0.3, 0.4) is 0 Å². The van der Waals surface area contributed by atoms with Gasteiger partial charge in [0.15, 0.2) is 5.82 Å². The maximum Gasteiger partial charge on any atom is 0.180 e. The van der Waals surface area contributed by atoms with Gasteiger partial charge < -0.3 is 15.2 Å². The fourth-order valence-corrected chi connectivity index (χ4v) is 3.12. The lowest BCUT2D eigenvalue weighted by Gasteiger charge is -2.15. The van der Waals surface area contributed by atoms with E-state index in [1.807, 2.05) is 18.2 Å². The second kappa shape index (κ2) is 7.45. The number of nitrogens with one attached hydrogen (secondary N) is 1. The van der Waals surface area contributed by atoms with Gasteiger partial charge in [0.2, 0.25) is 0 Å². The van der Waals surface area contributed by atoms with E-state index >= 15 is 0 Å². The van der Waals surface area contributed by atoms with E-state index in [0.717, 1.165) is 43.1 Å². The molecule has 2 aromatic heterocycles. The second-order valence-electron chi connectivity index (χ2n) is 6.91. The Bertz CT molecular complexity index is 719. The first-order valence-electron chi connectivity index (χ1n) is 9.10. The summed E-state index contributed by atoms with van der Waals surface area (Å²) in [6.45, 7) is 1.56. The largest absolute Gasteiger partial charge is 0.389 e. The van der Waals surface area contributed by atoms with E-state index in [2.05, 4.69) is 20.3 Å². The lowest BCUT2D eigenvalue weighted by Crippen LogP contribution is -2.26. The Balaban J connectivity index is 1.43. The summed E-state index contributed by atoms with van der Waals surface area (Å²) in [7, 11) is 0. The molecule has 0 amide bonds. The number of rotatable bonds is 8. The number of pyridine rings is 1. The first kappa shape index (κ1) is 16.4. The summed E-state index contributed by atoms with van der Waals surface area (Å²) in [5, 5.41) is 13.4. The van der Waals surface area contributed by atoms with Crippen molar-refractivity contribution in [1.29, 1.82) is 0 Å². The summed E-state index contributed by atoms with van der Waals surface area (Å²) >= 11 is 0. The average molecular weight is 340 g/mol. The molecule has 2 aromatic rings. The lowest BCUT2D eigenvalue weighted by molar-refractivity contribution is 0.0385. The van der Waals surface area contributed by atoms with Crippen molar-refractivity contribution < 1.29 is 9.84 Å². The highest BCUT2D eigenvalue weighted by Crippen LogP contribution is 2.29. The number of aliphatic hydroxyl groups is 1. The van der Waals surface area contributed by atoms with Crippen LogP contribution < -0.4 is 5.32 Å². The fourth-order valence-electron chi connectivity index (χ4n) is 3.12. The van der Waals surface area contributed by atoms with Crippen LogP contribution in [-0.4, -0.2) is 45.9 Å². The predicted molar refractivity (Wildman–Crippen MR) is 95.3 cm³/mol. The maximum absolute atomic E-state index is 10.1. The van der Waals surface area contributed by atoms with Crippen LogP contribution >= 0.6 is 0 Å². The second-order valence-corrected chi connectivity index (χ2v) is 6.91. The highest BCUT2D eigenvalue weighted by molar-refractivity contribution is 5.57. The van der Waals surface area contributed by atoms with Crippen molar-refractivity contribution in [2.75, 3.05) is 25.1 Å². The van der Waals surface area contributed by atoms with Gasteiger partial charge in [-0.3, -0.25) is 4.98 Å². The van der Waals surface area contributed by atoms with Gasteiger partial charge in [0.05, 0.1) is 12.7 Å². The van der Waals surface area contributed by atoms with E-state index < -0.39 is 6.10 Å². The molecule has 2 aliphatic carbocycles. The molecule has 0 radical (unpaired) electrons. The topological polar surface area (TPSA) is 80.2 Å². The van der Waals surface area contributed by atoms with Crippen LogP contribution in [0.1, 0.15) is 30.5 Å². The number of nitrogens with zero attached hydrogens (tertiary/aromatic N) is 3. The van der Waals surface area contributed by atoms with Crippen molar-refractivity contribution in [2.45, 2.75) is 38.2 Å². The smallest absolute Gasteiger partial charge is 0.180 e. The molecular formula is C19H24N4O2. The van der Waals surface area contributed by atoms with Crippen molar-refractivity contribution in [1.82, 2.24) is 15.0 Å². The molecule has 2 heterocycles. The van der Waals surface area contributed by atoms with E-state index in [0.29, 0.717) is 24.9 Å². The molecule has 0 unspecified atom stereocenters. The number of aryl methyl sites for hydroxylation is 1. The molecule has 1 fully saturated rings. The number of aromatic nitrogens is 3. The van der Waals surface area contributed by atoms with Gasteiger partial charge in [0.1, 0.15) is 11.5 Å². The first-order chi connectivity index (χ1) is 12.3. The van der Waals surface area contributed by atoms with Gasteiger partial charge in [-0.25, -0.2) is 9.97 Å². The van der Waals surface area contributed by atoms with Crippen molar-refractivity contribution in [3.63, 3.8) is 0 Å². The maximum atomic E-state index is 10.1. The van der Waals surface area contributed by atoms with Crippen LogP contribution in [0.4, 0.5) is 5.82 Å². The molecule has 2 N–H and O–H groups in total. The molecule has 4 rings (SSSR count). The quantitative estimate of drug-likeness (QED) is 0.767. The van der Waals surface area contributed by atoms with Gasteiger partial charge in [0.25, 0.3) is 0 Å². The molecule has 0 spiro atoms. The number of hydrogen-bond donors (Lipinski definition) is 2. The Morgan fingerprint density at radius 2 is 2.16 bits per heavy atom. The molecule has 0 bridgehead atoms. The van der Waals surface area contributed by atoms with E-state index in [4.69, 9.17) is 4.74 Å². The van der Waals surface area contributed by atoms with Crippen LogP contribution in [0.25, 0.3) is 11.5 Å². The zero-order valence-corrected chi connectivity index (χ0v) is 14.3.